The summed E-state index contributed by atoms with van der Waals surface area (Å²) in [6, 6.07) is -0.631. The Morgan fingerprint density at radius 1 is 1.45 bits per heavy atom. The van der Waals surface area contributed by atoms with Gasteiger partial charge >= 0.3 is 5.69 Å². The number of likely N-dealkylation sites (N-methyl/N-ethyl adjacent to an activating group) is 1. The van der Waals surface area contributed by atoms with Gasteiger partial charge in [-0.3, -0.25) is 14.9 Å². The molecule has 0 aliphatic carbocycles. The lowest BCUT2D eigenvalue weighted by Gasteiger charge is -2.18. The third-order valence-corrected chi connectivity index (χ3v) is 2.51. The largest absolute Gasteiger partial charge is 0.364 e. The molecule has 0 saturated heterocycles. The average molecular weight is 282 g/mol. The number of nitro groups is 1. The average Bonchev–Trinajstić information content (AvgIpc) is 2.37. The minimum atomic E-state index is -0.631. The van der Waals surface area contributed by atoms with E-state index in [9.17, 15) is 14.9 Å². The highest BCUT2D eigenvalue weighted by Gasteiger charge is 2.25. The number of carbonyl (C=O) groups excluding carboxylic acids is 1. The first-order valence-electron chi connectivity index (χ1n) is 6.09. The van der Waals surface area contributed by atoms with E-state index in [0.717, 1.165) is 0 Å². The number of nitrogens with one attached hydrogen (secondary N) is 2. The van der Waals surface area contributed by atoms with Gasteiger partial charge in [-0.15, -0.1) is 0 Å². The van der Waals surface area contributed by atoms with Crippen molar-refractivity contribution >= 4 is 23.2 Å². The van der Waals surface area contributed by atoms with Crippen molar-refractivity contribution in [2.75, 3.05) is 31.3 Å². The molecule has 1 rings (SSSR count). The van der Waals surface area contributed by atoms with Crippen molar-refractivity contribution in [2.24, 2.45) is 0 Å². The van der Waals surface area contributed by atoms with Gasteiger partial charge in [0.05, 0.1) is 4.92 Å². The van der Waals surface area contributed by atoms with E-state index in [1.807, 2.05) is 0 Å². The maximum Gasteiger partial charge on any atom is 0.353 e. The van der Waals surface area contributed by atoms with Crippen molar-refractivity contribution in [1.82, 2.24) is 14.9 Å². The molecule has 0 bridgehead atoms. The zero-order valence-electron chi connectivity index (χ0n) is 11.9. The van der Waals surface area contributed by atoms with Crippen LogP contribution >= 0.6 is 0 Å². The third kappa shape index (κ3) is 3.53. The van der Waals surface area contributed by atoms with Crippen molar-refractivity contribution < 1.29 is 9.72 Å². The highest BCUT2D eigenvalue weighted by atomic mass is 16.6. The van der Waals surface area contributed by atoms with Crippen LogP contribution in [0.5, 0.6) is 0 Å². The number of carbonyl (C=O) groups is 1. The Labute approximate surface area is 116 Å². The molecule has 1 atom stereocenters. The van der Waals surface area contributed by atoms with Gasteiger partial charge in [-0.2, -0.15) is 0 Å². The van der Waals surface area contributed by atoms with Crippen LogP contribution in [-0.2, 0) is 4.79 Å². The number of hydrogen-bond acceptors (Lipinski definition) is 7. The van der Waals surface area contributed by atoms with Gasteiger partial charge < -0.3 is 15.5 Å². The molecule has 0 saturated carbocycles. The fourth-order valence-corrected chi connectivity index (χ4v) is 1.61. The highest BCUT2D eigenvalue weighted by molar-refractivity contribution is 5.85. The summed E-state index contributed by atoms with van der Waals surface area (Å²) in [5.74, 6) is -0.0638. The summed E-state index contributed by atoms with van der Waals surface area (Å²) in [6.45, 7) is 3.90. The molecule has 0 aliphatic heterocycles. The number of amides is 1. The van der Waals surface area contributed by atoms with E-state index in [0.29, 0.717) is 6.54 Å². The lowest BCUT2D eigenvalue weighted by atomic mass is 10.3. The molecule has 0 radical (unpaired) electrons. The van der Waals surface area contributed by atoms with Crippen LogP contribution in [0.15, 0.2) is 6.33 Å². The summed E-state index contributed by atoms with van der Waals surface area (Å²) < 4.78 is 0. The first-order chi connectivity index (χ1) is 9.38. The molecule has 0 aliphatic rings. The first-order valence-corrected chi connectivity index (χ1v) is 6.09. The molecule has 1 heterocycles. The van der Waals surface area contributed by atoms with Crippen LogP contribution in [0.2, 0.25) is 0 Å². The van der Waals surface area contributed by atoms with Crippen molar-refractivity contribution in [3.8, 4) is 0 Å². The summed E-state index contributed by atoms with van der Waals surface area (Å²) in [7, 11) is 3.22. The molecule has 1 aromatic heterocycles. The molecule has 110 valence electrons. The number of hydrogen-bond donors (Lipinski definition) is 2. The number of nitrogens with zero attached hydrogens (tertiary/aromatic N) is 4. The Kier molecular flexibility index (Phi) is 5.18. The molecule has 0 fully saturated rings. The standard InChI is InChI=1S/C11H18N6O3/c1-5-12-9-8(17(19)20)10(14-6-13-9)15-7(2)11(18)16(3)4/h6-7H,5H2,1-4H3,(H2,12,13,14,15). The maximum atomic E-state index is 11.8. The molecule has 2 N–H and O–H groups in total. The Hall–Kier alpha value is -2.45. The van der Waals surface area contributed by atoms with Crippen molar-refractivity contribution in [3.63, 3.8) is 0 Å². The molecular weight excluding hydrogens is 264 g/mol. The topological polar surface area (TPSA) is 113 Å². The van der Waals surface area contributed by atoms with Gasteiger partial charge in [0.2, 0.25) is 17.5 Å². The summed E-state index contributed by atoms with van der Waals surface area (Å²) >= 11 is 0. The van der Waals surface area contributed by atoms with Crippen LogP contribution < -0.4 is 10.6 Å². The Morgan fingerprint density at radius 3 is 2.55 bits per heavy atom. The van der Waals surface area contributed by atoms with Crippen molar-refractivity contribution in [3.05, 3.63) is 16.4 Å². The molecule has 1 amide bonds. The molecule has 0 spiro atoms. The summed E-state index contributed by atoms with van der Waals surface area (Å²) in [5.41, 5.74) is -0.271. The second-order valence-electron chi connectivity index (χ2n) is 4.31. The predicted molar refractivity (Wildman–Crippen MR) is 74.6 cm³/mol. The van der Waals surface area contributed by atoms with Gasteiger partial charge in [0.1, 0.15) is 12.4 Å². The first kappa shape index (κ1) is 15.6. The van der Waals surface area contributed by atoms with Crippen LogP contribution in [-0.4, -0.2) is 52.4 Å². The predicted octanol–water partition coefficient (Wildman–Crippen LogP) is 0.705. The summed E-state index contributed by atoms with van der Waals surface area (Å²) in [4.78, 5) is 31.4. The second-order valence-corrected chi connectivity index (χ2v) is 4.31. The van der Waals surface area contributed by atoms with Gasteiger partial charge in [0.15, 0.2) is 0 Å². The molecule has 9 nitrogen and oxygen atoms in total. The lowest BCUT2D eigenvalue weighted by molar-refractivity contribution is -0.383. The summed E-state index contributed by atoms with van der Waals surface area (Å²) in [6.07, 6.45) is 1.21. The van der Waals surface area contributed by atoms with Gasteiger partial charge in [0.25, 0.3) is 0 Å². The monoisotopic (exact) mass is 282 g/mol. The minimum absolute atomic E-state index is 0.0173. The van der Waals surface area contributed by atoms with Gasteiger partial charge in [0, 0.05) is 20.6 Å². The van der Waals surface area contributed by atoms with E-state index in [2.05, 4.69) is 20.6 Å². The number of anilines is 2. The zero-order valence-corrected chi connectivity index (χ0v) is 11.9. The van der Waals surface area contributed by atoms with Gasteiger partial charge in [-0.05, 0) is 13.8 Å². The normalized spacial score (nSPS) is 11.6. The zero-order chi connectivity index (χ0) is 15.3. The van der Waals surface area contributed by atoms with Crippen molar-refractivity contribution in [2.45, 2.75) is 19.9 Å². The second kappa shape index (κ2) is 6.64. The van der Waals surface area contributed by atoms with E-state index in [1.54, 1.807) is 27.9 Å². The van der Waals surface area contributed by atoms with Crippen LogP contribution in [0.4, 0.5) is 17.3 Å². The molecule has 0 aromatic carbocycles. The fourth-order valence-electron chi connectivity index (χ4n) is 1.61. The quantitative estimate of drug-likeness (QED) is 0.583. The Balaban J connectivity index is 3.09. The molecule has 1 unspecified atom stereocenters. The van der Waals surface area contributed by atoms with Gasteiger partial charge in [-0.1, -0.05) is 0 Å². The maximum absolute atomic E-state index is 11.8. The van der Waals surface area contributed by atoms with E-state index in [1.165, 1.54) is 11.2 Å². The van der Waals surface area contributed by atoms with Crippen LogP contribution in [0, 0.1) is 10.1 Å². The van der Waals surface area contributed by atoms with E-state index < -0.39 is 11.0 Å². The SMILES string of the molecule is CCNc1ncnc(NC(C)C(=O)N(C)C)c1[N+](=O)[O-]. The van der Waals surface area contributed by atoms with E-state index in [-0.39, 0.29) is 23.2 Å². The van der Waals surface area contributed by atoms with E-state index in [4.69, 9.17) is 0 Å². The molecule has 9 heteroatoms. The minimum Gasteiger partial charge on any atom is -0.364 e. The molecule has 20 heavy (non-hydrogen) atoms. The highest BCUT2D eigenvalue weighted by Crippen LogP contribution is 2.29. The third-order valence-electron chi connectivity index (χ3n) is 2.51. The number of aromatic nitrogens is 2. The lowest BCUT2D eigenvalue weighted by Crippen LogP contribution is -2.37. The van der Waals surface area contributed by atoms with E-state index >= 15 is 0 Å². The number of rotatable bonds is 6. The fraction of sp³-hybridized carbons (Fsp3) is 0.545. The smallest absolute Gasteiger partial charge is 0.353 e. The van der Waals surface area contributed by atoms with Crippen LogP contribution in [0.25, 0.3) is 0 Å². The van der Waals surface area contributed by atoms with Crippen molar-refractivity contribution in [1.29, 1.82) is 0 Å². The summed E-state index contributed by atoms with van der Waals surface area (Å²) in [5, 5.41) is 16.7. The molecule has 1 aromatic rings. The molecular formula is C11H18N6O3. The van der Waals surface area contributed by atoms with Gasteiger partial charge in [-0.25, -0.2) is 9.97 Å². The van der Waals surface area contributed by atoms with Crippen LogP contribution in [0.1, 0.15) is 13.8 Å². The Morgan fingerprint density at radius 2 is 2.05 bits per heavy atom. The van der Waals surface area contributed by atoms with Crippen LogP contribution in [0.3, 0.4) is 0 Å². The Bertz CT molecular complexity index is 505.